The lowest BCUT2D eigenvalue weighted by Gasteiger charge is -2.38. The van der Waals surface area contributed by atoms with Crippen LogP contribution < -0.4 is 0 Å². The average Bonchev–Trinajstić information content (AvgIpc) is 3.55. The summed E-state index contributed by atoms with van der Waals surface area (Å²) >= 11 is 1.86. The van der Waals surface area contributed by atoms with Crippen LogP contribution in [0.2, 0.25) is 0 Å². The third-order valence-corrected chi connectivity index (χ3v) is 8.05. The Labute approximate surface area is 211 Å². The smallest absolute Gasteiger partial charge is 0.142 e. The molecule has 0 amide bonds. The minimum absolute atomic E-state index is 0.110. The van der Waals surface area contributed by atoms with E-state index in [1.165, 1.54) is 9.75 Å². The van der Waals surface area contributed by atoms with Crippen molar-refractivity contribution in [3.8, 4) is 11.4 Å². The quantitative estimate of drug-likeness (QED) is 0.242. The normalized spacial score (nSPS) is 11.6. The second kappa shape index (κ2) is 10.0. The molecule has 3 aromatic carbocycles. The second-order valence-corrected chi connectivity index (χ2v) is 9.87. The lowest BCUT2D eigenvalue weighted by atomic mass is 9.76. The van der Waals surface area contributed by atoms with Gasteiger partial charge in [0.15, 0.2) is 0 Å². The van der Waals surface area contributed by atoms with Crippen LogP contribution in [0.4, 0.5) is 0 Å². The molecule has 0 aliphatic rings. The highest BCUT2D eigenvalue weighted by Gasteiger charge is 2.40. The fourth-order valence-corrected chi connectivity index (χ4v) is 6.06. The Bertz CT molecular complexity index is 1290. The first-order valence-electron chi connectivity index (χ1n) is 12.2. The number of imidazole rings is 1. The Balaban J connectivity index is 1.93. The van der Waals surface area contributed by atoms with Gasteiger partial charge in [-0.15, -0.1) is 11.3 Å². The van der Waals surface area contributed by atoms with Crippen molar-refractivity contribution in [3.63, 3.8) is 0 Å². The summed E-state index contributed by atoms with van der Waals surface area (Å²) < 4.78 is 2.29. The molecule has 176 valence electrons. The molecule has 0 saturated heterocycles. The first-order chi connectivity index (χ1) is 17.2. The van der Waals surface area contributed by atoms with E-state index in [4.69, 9.17) is 4.98 Å². The molecule has 5 rings (SSSR count). The van der Waals surface area contributed by atoms with Crippen molar-refractivity contribution < 1.29 is 5.11 Å². The van der Waals surface area contributed by atoms with Gasteiger partial charge in [-0.05, 0) is 35.6 Å². The van der Waals surface area contributed by atoms with Gasteiger partial charge in [0, 0.05) is 21.5 Å². The van der Waals surface area contributed by atoms with Crippen LogP contribution in [0.25, 0.3) is 11.4 Å². The van der Waals surface area contributed by atoms with E-state index in [2.05, 4.69) is 115 Å². The predicted molar refractivity (Wildman–Crippen MR) is 145 cm³/mol. The number of nitrogens with zero attached hydrogens (tertiary/aromatic N) is 2. The molecule has 1 N–H and O–H groups in total. The number of rotatable bonds is 8. The molecule has 4 heteroatoms. The van der Waals surface area contributed by atoms with Crippen LogP contribution >= 0.6 is 11.3 Å². The molecule has 2 heterocycles. The van der Waals surface area contributed by atoms with Crippen LogP contribution in [0, 0.1) is 0 Å². The van der Waals surface area contributed by atoms with Crippen molar-refractivity contribution in [2.75, 3.05) is 0 Å². The molecule has 0 bridgehead atoms. The van der Waals surface area contributed by atoms with E-state index < -0.39 is 5.54 Å². The van der Waals surface area contributed by atoms with Crippen LogP contribution in [0.15, 0.2) is 103 Å². The minimum Gasteiger partial charge on any atom is -0.390 e. The van der Waals surface area contributed by atoms with Crippen LogP contribution in [-0.2, 0) is 25.0 Å². The van der Waals surface area contributed by atoms with Crippen molar-refractivity contribution >= 4 is 11.3 Å². The van der Waals surface area contributed by atoms with Crippen molar-refractivity contribution in [1.29, 1.82) is 0 Å². The fourth-order valence-electron chi connectivity index (χ4n) is 5.02. The fraction of sp³-hybridized carbons (Fsp3) is 0.194. The maximum absolute atomic E-state index is 10.2. The van der Waals surface area contributed by atoms with Crippen LogP contribution in [0.1, 0.15) is 46.0 Å². The number of benzene rings is 3. The Morgan fingerprint density at radius 3 is 1.71 bits per heavy atom. The standard InChI is InChI=1S/C31H30N2OS/c1-3-27-20-28(29(4-2)35-27)30-32-26(22-34)21-33(30)31(23-14-8-5-9-15-23,24-16-10-6-11-17-24)25-18-12-7-13-19-25/h5-21,34H,3-4,22H2,1-2H3. The number of hydrogen-bond acceptors (Lipinski definition) is 3. The van der Waals surface area contributed by atoms with E-state index in [1.807, 2.05) is 17.5 Å². The number of aliphatic hydroxyl groups excluding tert-OH is 1. The highest BCUT2D eigenvalue weighted by Crippen LogP contribution is 2.44. The van der Waals surface area contributed by atoms with E-state index in [1.54, 1.807) is 0 Å². The molecular weight excluding hydrogens is 448 g/mol. The summed E-state index contributed by atoms with van der Waals surface area (Å²) in [5, 5.41) is 10.2. The van der Waals surface area contributed by atoms with Crippen LogP contribution in [0.3, 0.4) is 0 Å². The van der Waals surface area contributed by atoms with E-state index in [0.29, 0.717) is 5.69 Å². The summed E-state index contributed by atoms with van der Waals surface area (Å²) in [7, 11) is 0. The Kier molecular flexibility index (Phi) is 6.67. The first-order valence-corrected chi connectivity index (χ1v) is 13.0. The van der Waals surface area contributed by atoms with E-state index in [0.717, 1.165) is 40.9 Å². The summed E-state index contributed by atoms with van der Waals surface area (Å²) in [4.78, 5) is 7.69. The van der Waals surface area contributed by atoms with Gasteiger partial charge in [0.25, 0.3) is 0 Å². The maximum atomic E-state index is 10.2. The minimum atomic E-state index is -0.668. The third kappa shape index (κ3) is 4.03. The van der Waals surface area contributed by atoms with Crippen LogP contribution in [-0.4, -0.2) is 14.7 Å². The highest BCUT2D eigenvalue weighted by atomic mass is 32.1. The molecule has 2 aromatic heterocycles. The summed E-state index contributed by atoms with van der Waals surface area (Å²) in [6.45, 7) is 4.29. The Hall–Kier alpha value is -3.47. The molecule has 0 fully saturated rings. The lowest BCUT2D eigenvalue weighted by Crippen LogP contribution is -2.38. The van der Waals surface area contributed by atoms with Crippen molar-refractivity contribution in [2.45, 2.75) is 38.8 Å². The van der Waals surface area contributed by atoms with E-state index in [9.17, 15) is 5.11 Å². The summed E-state index contributed by atoms with van der Waals surface area (Å²) in [6.07, 6.45) is 3.97. The monoisotopic (exact) mass is 478 g/mol. The third-order valence-electron chi connectivity index (χ3n) is 6.62. The molecule has 0 radical (unpaired) electrons. The number of hydrogen-bond donors (Lipinski definition) is 1. The molecule has 0 saturated carbocycles. The Morgan fingerprint density at radius 2 is 1.29 bits per heavy atom. The number of aromatic nitrogens is 2. The molecule has 0 atom stereocenters. The molecule has 0 unspecified atom stereocenters. The molecule has 3 nitrogen and oxygen atoms in total. The van der Waals surface area contributed by atoms with Gasteiger partial charge >= 0.3 is 0 Å². The van der Waals surface area contributed by atoms with Crippen molar-refractivity contribution in [2.24, 2.45) is 0 Å². The molecular formula is C31H30N2OS. The van der Waals surface area contributed by atoms with E-state index >= 15 is 0 Å². The van der Waals surface area contributed by atoms with Gasteiger partial charge in [0.2, 0.25) is 0 Å². The maximum Gasteiger partial charge on any atom is 0.142 e. The zero-order chi connectivity index (χ0) is 24.3. The van der Waals surface area contributed by atoms with Crippen molar-refractivity contribution in [3.05, 3.63) is 135 Å². The summed E-state index contributed by atoms with van der Waals surface area (Å²) in [6, 6.07) is 34.1. The topological polar surface area (TPSA) is 38.1 Å². The van der Waals surface area contributed by atoms with Gasteiger partial charge < -0.3 is 9.67 Å². The number of aliphatic hydroxyl groups is 1. The van der Waals surface area contributed by atoms with Gasteiger partial charge in [-0.2, -0.15) is 0 Å². The average molecular weight is 479 g/mol. The molecule has 0 aliphatic heterocycles. The largest absolute Gasteiger partial charge is 0.390 e. The molecule has 5 aromatic rings. The zero-order valence-corrected chi connectivity index (χ0v) is 21.0. The SMILES string of the molecule is CCc1cc(-c2nc(CO)cn2C(c2ccccc2)(c2ccccc2)c2ccccc2)c(CC)s1. The van der Waals surface area contributed by atoms with Crippen LogP contribution in [0.5, 0.6) is 0 Å². The summed E-state index contributed by atoms with van der Waals surface area (Å²) in [5.41, 5.74) is 4.58. The molecule has 35 heavy (non-hydrogen) atoms. The zero-order valence-electron chi connectivity index (χ0n) is 20.2. The number of aryl methyl sites for hydroxylation is 2. The lowest BCUT2D eigenvalue weighted by molar-refractivity contribution is 0.277. The molecule has 0 aliphatic carbocycles. The van der Waals surface area contributed by atoms with E-state index in [-0.39, 0.29) is 6.61 Å². The highest BCUT2D eigenvalue weighted by molar-refractivity contribution is 7.12. The van der Waals surface area contributed by atoms with Gasteiger partial charge in [-0.25, -0.2) is 4.98 Å². The van der Waals surface area contributed by atoms with Gasteiger partial charge in [0.1, 0.15) is 11.4 Å². The van der Waals surface area contributed by atoms with Gasteiger partial charge in [0.05, 0.1) is 12.3 Å². The first kappa shape index (κ1) is 23.3. The Morgan fingerprint density at radius 1 is 0.771 bits per heavy atom. The summed E-state index contributed by atoms with van der Waals surface area (Å²) in [5.74, 6) is 0.887. The van der Waals surface area contributed by atoms with Gasteiger partial charge in [-0.3, -0.25) is 0 Å². The number of thiophene rings is 1. The van der Waals surface area contributed by atoms with Crippen molar-refractivity contribution in [1.82, 2.24) is 9.55 Å². The van der Waals surface area contributed by atoms with Gasteiger partial charge in [-0.1, -0.05) is 105 Å². The molecule has 0 spiro atoms. The second-order valence-electron chi connectivity index (χ2n) is 8.65. The predicted octanol–water partition coefficient (Wildman–Crippen LogP) is 7.07.